The molecular formula is C24H20F3N3O4. The first-order chi connectivity index (χ1) is 16.1. The van der Waals surface area contributed by atoms with Crippen LogP contribution in [0.3, 0.4) is 0 Å². The molecule has 0 atom stereocenters. The molecular weight excluding hydrogens is 451 g/mol. The molecule has 0 unspecified atom stereocenters. The first-order valence-electron chi connectivity index (χ1n) is 10.2. The van der Waals surface area contributed by atoms with Crippen LogP contribution in [0.1, 0.15) is 34.8 Å². The Hall–Kier alpha value is -4.21. The van der Waals surface area contributed by atoms with Crippen molar-refractivity contribution in [2.45, 2.75) is 25.9 Å². The molecule has 2 aromatic carbocycles. The Bertz CT molecular complexity index is 1230. The largest absolute Gasteiger partial charge is 0.465 e. The zero-order valence-corrected chi connectivity index (χ0v) is 17.9. The van der Waals surface area contributed by atoms with E-state index in [1.165, 1.54) is 13.0 Å². The van der Waals surface area contributed by atoms with Crippen LogP contribution in [0.15, 0.2) is 60.9 Å². The van der Waals surface area contributed by atoms with E-state index in [4.69, 9.17) is 5.11 Å². The molecule has 0 aliphatic carbocycles. The summed E-state index contributed by atoms with van der Waals surface area (Å²) in [5.74, 6) is -1.44. The van der Waals surface area contributed by atoms with Gasteiger partial charge in [0.05, 0.1) is 23.4 Å². The quantitative estimate of drug-likeness (QED) is 0.306. The number of halogens is 3. The molecule has 176 valence electrons. The first kappa shape index (κ1) is 24.4. The van der Waals surface area contributed by atoms with Gasteiger partial charge in [0.25, 0.3) is 0 Å². The highest BCUT2D eigenvalue weighted by atomic mass is 19.4. The van der Waals surface area contributed by atoms with Gasteiger partial charge in [0.15, 0.2) is 5.78 Å². The summed E-state index contributed by atoms with van der Waals surface area (Å²) < 4.78 is 40.3. The van der Waals surface area contributed by atoms with Crippen molar-refractivity contribution >= 4 is 29.2 Å². The third-order valence-corrected chi connectivity index (χ3v) is 4.95. The van der Waals surface area contributed by atoms with Crippen LogP contribution in [-0.4, -0.2) is 27.9 Å². The lowest BCUT2D eigenvalue weighted by Gasteiger charge is -2.18. The molecule has 0 bridgehead atoms. The van der Waals surface area contributed by atoms with Gasteiger partial charge < -0.3 is 10.4 Å². The number of aromatic nitrogens is 1. The molecule has 0 radical (unpaired) electrons. The number of ketones is 1. The van der Waals surface area contributed by atoms with Gasteiger partial charge in [-0.2, -0.15) is 13.2 Å². The standard InChI is InChI=1S/C24H20F3N3O4/c1-2-14-10-19(30-23(33)34)20(11-18(14)24(25,26)27)29-22(32)12-21(31)16-6-3-5-15(9-16)17-7-4-8-28-13-17/h3-11,13,30H,2,12H2,1H3,(H,29,32)(H,33,34). The van der Waals surface area contributed by atoms with E-state index in [0.717, 1.165) is 11.6 Å². The number of carbonyl (C=O) groups excluding carboxylic acids is 2. The summed E-state index contributed by atoms with van der Waals surface area (Å²) in [4.78, 5) is 40.3. The second kappa shape index (κ2) is 10.2. The van der Waals surface area contributed by atoms with Crippen LogP contribution in [0, 0.1) is 0 Å². The Labute approximate surface area is 192 Å². The van der Waals surface area contributed by atoms with Crippen molar-refractivity contribution in [2.24, 2.45) is 0 Å². The minimum Gasteiger partial charge on any atom is -0.465 e. The van der Waals surface area contributed by atoms with E-state index < -0.39 is 41.6 Å². The summed E-state index contributed by atoms with van der Waals surface area (Å²) in [5.41, 5.74) is -0.0588. The number of amides is 2. The number of nitrogens with zero attached hydrogens (tertiary/aromatic N) is 1. The smallest absolute Gasteiger partial charge is 0.416 e. The van der Waals surface area contributed by atoms with Crippen LogP contribution in [0.2, 0.25) is 0 Å². The summed E-state index contributed by atoms with van der Waals surface area (Å²) in [6.45, 7) is 1.49. The number of carboxylic acid groups (broad SMARTS) is 1. The van der Waals surface area contributed by atoms with E-state index in [1.807, 2.05) is 5.32 Å². The predicted molar refractivity (Wildman–Crippen MR) is 120 cm³/mol. The van der Waals surface area contributed by atoms with Crippen LogP contribution < -0.4 is 10.6 Å². The maximum atomic E-state index is 13.4. The van der Waals surface area contributed by atoms with Gasteiger partial charge in [0.2, 0.25) is 5.91 Å². The molecule has 0 saturated carbocycles. The lowest BCUT2D eigenvalue weighted by Crippen LogP contribution is -2.20. The highest BCUT2D eigenvalue weighted by Crippen LogP contribution is 2.37. The first-order valence-corrected chi connectivity index (χ1v) is 10.2. The average Bonchev–Trinajstić information content (AvgIpc) is 2.79. The van der Waals surface area contributed by atoms with Crippen molar-refractivity contribution in [1.29, 1.82) is 0 Å². The van der Waals surface area contributed by atoms with Crippen molar-refractivity contribution in [1.82, 2.24) is 4.98 Å². The van der Waals surface area contributed by atoms with E-state index in [1.54, 1.807) is 42.7 Å². The van der Waals surface area contributed by atoms with Gasteiger partial charge in [-0.15, -0.1) is 0 Å². The highest BCUT2D eigenvalue weighted by molar-refractivity contribution is 6.12. The monoisotopic (exact) mass is 471 g/mol. The number of benzene rings is 2. The van der Waals surface area contributed by atoms with E-state index in [-0.39, 0.29) is 23.2 Å². The predicted octanol–water partition coefficient (Wildman–Crippen LogP) is 5.63. The Morgan fingerprint density at radius 3 is 2.29 bits per heavy atom. The van der Waals surface area contributed by atoms with Crippen molar-refractivity contribution in [3.8, 4) is 11.1 Å². The third-order valence-electron chi connectivity index (χ3n) is 4.95. The number of alkyl halides is 3. The van der Waals surface area contributed by atoms with E-state index in [9.17, 15) is 27.6 Å². The fourth-order valence-corrected chi connectivity index (χ4v) is 3.37. The number of Topliss-reactive ketones (excluding diaryl/α,β-unsaturated/α-hetero) is 1. The van der Waals surface area contributed by atoms with Crippen LogP contribution in [0.5, 0.6) is 0 Å². The normalized spacial score (nSPS) is 11.1. The molecule has 0 fully saturated rings. The van der Waals surface area contributed by atoms with Crippen LogP contribution in [0.25, 0.3) is 11.1 Å². The van der Waals surface area contributed by atoms with Gasteiger partial charge in [-0.3, -0.25) is 19.9 Å². The zero-order chi connectivity index (χ0) is 24.9. The van der Waals surface area contributed by atoms with Crippen LogP contribution in [-0.2, 0) is 17.4 Å². The van der Waals surface area contributed by atoms with E-state index >= 15 is 0 Å². The fourth-order valence-electron chi connectivity index (χ4n) is 3.37. The molecule has 10 heteroatoms. The SMILES string of the molecule is CCc1cc(NC(=O)O)c(NC(=O)CC(=O)c2cccc(-c3cccnc3)c2)cc1C(F)(F)F. The molecule has 34 heavy (non-hydrogen) atoms. The average molecular weight is 471 g/mol. The summed E-state index contributed by atoms with van der Waals surface area (Å²) in [6, 6.07) is 11.7. The lowest BCUT2D eigenvalue weighted by molar-refractivity contribution is -0.138. The zero-order valence-electron chi connectivity index (χ0n) is 17.9. The molecule has 7 nitrogen and oxygen atoms in total. The number of anilines is 2. The number of aryl methyl sites for hydroxylation is 1. The van der Waals surface area contributed by atoms with Gasteiger partial charge in [-0.1, -0.05) is 31.2 Å². The van der Waals surface area contributed by atoms with Crippen LogP contribution in [0.4, 0.5) is 29.3 Å². The minimum absolute atomic E-state index is 0.0108. The second-order valence-electron chi connectivity index (χ2n) is 7.31. The van der Waals surface area contributed by atoms with Crippen LogP contribution >= 0.6 is 0 Å². The van der Waals surface area contributed by atoms with Gasteiger partial charge in [-0.25, -0.2) is 4.79 Å². The van der Waals surface area contributed by atoms with Gasteiger partial charge in [0.1, 0.15) is 0 Å². The molecule has 3 N–H and O–H groups in total. The van der Waals surface area contributed by atoms with Gasteiger partial charge >= 0.3 is 12.3 Å². The lowest BCUT2D eigenvalue weighted by atomic mass is 10.0. The number of pyridine rings is 1. The van der Waals surface area contributed by atoms with Crippen molar-refractivity contribution in [2.75, 3.05) is 10.6 Å². The third kappa shape index (κ3) is 5.97. The molecule has 3 rings (SSSR count). The summed E-state index contributed by atoms with van der Waals surface area (Å²) >= 11 is 0. The number of carbonyl (C=O) groups is 3. The fraction of sp³-hybridized carbons (Fsp3) is 0.167. The molecule has 1 heterocycles. The highest BCUT2D eigenvalue weighted by Gasteiger charge is 2.34. The maximum absolute atomic E-state index is 13.4. The molecule has 1 aromatic heterocycles. The number of rotatable bonds is 7. The summed E-state index contributed by atoms with van der Waals surface area (Å²) in [6.07, 6.45) is -3.67. The minimum atomic E-state index is -4.71. The van der Waals surface area contributed by atoms with Gasteiger partial charge in [0, 0.05) is 23.5 Å². The molecule has 0 aliphatic rings. The summed E-state index contributed by atoms with van der Waals surface area (Å²) in [7, 11) is 0. The van der Waals surface area contributed by atoms with Gasteiger partial charge in [-0.05, 0) is 41.8 Å². The Morgan fingerprint density at radius 2 is 1.68 bits per heavy atom. The molecule has 0 saturated heterocycles. The maximum Gasteiger partial charge on any atom is 0.416 e. The Kier molecular flexibility index (Phi) is 7.30. The molecule has 0 aliphatic heterocycles. The molecule has 0 spiro atoms. The number of hydrogen-bond donors (Lipinski definition) is 3. The number of hydrogen-bond acceptors (Lipinski definition) is 4. The summed E-state index contributed by atoms with van der Waals surface area (Å²) in [5, 5.41) is 13.2. The van der Waals surface area contributed by atoms with Crippen molar-refractivity contribution < 1.29 is 32.7 Å². The topological polar surface area (TPSA) is 108 Å². The van der Waals surface area contributed by atoms with Crippen molar-refractivity contribution in [3.63, 3.8) is 0 Å². The van der Waals surface area contributed by atoms with E-state index in [0.29, 0.717) is 11.6 Å². The molecule has 3 aromatic rings. The van der Waals surface area contributed by atoms with Crippen molar-refractivity contribution in [3.05, 3.63) is 77.6 Å². The Morgan fingerprint density at radius 1 is 0.971 bits per heavy atom. The molecule has 2 amide bonds. The second-order valence-corrected chi connectivity index (χ2v) is 7.31. The van der Waals surface area contributed by atoms with E-state index in [2.05, 4.69) is 10.3 Å². The Balaban J connectivity index is 1.84. The number of nitrogens with one attached hydrogen (secondary N) is 2.